The molecule has 0 radical (unpaired) electrons. The molecule has 1 aromatic rings. The molecule has 4 heteroatoms. The van der Waals surface area contributed by atoms with Crippen molar-refractivity contribution in [3.63, 3.8) is 0 Å². The van der Waals surface area contributed by atoms with Crippen LogP contribution in [-0.4, -0.2) is 24.4 Å². The summed E-state index contributed by atoms with van der Waals surface area (Å²) in [5.74, 6) is 0. The number of rotatable bonds is 5. The molecule has 0 aromatic heterocycles. The minimum atomic E-state index is -3.19. The third-order valence-electron chi connectivity index (χ3n) is 2.90. The summed E-state index contributed by atoms with van der Waals surface area (Å²) in [6.45, 7) is 6.89. The van der Waals surface area contributed by atoms with Gasteiger partial charge in [0.25, 0.3) is 0 Å². The van der Waals surface area contributed by atoms with E-state index in [0.29, 0.717) is 11.3 Å². The summed E-state index contributed by atoms with van der Waals surface area (Å²) in [6, 6.07) is 6.94. The molecular weight excluding hydrogens is 248 g/mol. The molecule has 0 aliphatic rings. The molecule has 18 heavy (non-hydrogen) atoms. The first-order valence-electron chi connectivity index (χ1n) is 6.18. The lowest BCUT2D eigenvalue weighted by molar-refractivity contribution is 0.0714. The van der Waals surface area contributed by atoms with Gasteiger partial charge in [0.15, 0.2) is 9.84 Å². The number of hydrogen-bond acceptors (Lipinski definition) is 3. The third kappa shape index (κ3) is 4.10. The van der Waals surface area contributed by atoms with Crippen molar-refractivity contribution in [3.8, 4) is 0 Å². The van der Waals surface area contributed by atoms with Gasteiger partial charge in [-0.3, -0.25) is 0 Å². The molecule has 1 aromatic carbocycles. The molecule has 0 saturated heterocycles. The molecule has 0 spiro atoms. The van der Waals surface area contributed by atoms with E-state index in [2.05, 4.69) is 0 Å². The van der Waals surface area contributed by atoms with Crippen molar-refractivity contribution < 1.29 is 13.5 Å². The van der Waals surface area contributed by atoms with Gasteiger partial charge in [-0.25, -0.2) is 8.42 Å². The molecule has 0 bridgehead atoms. The normalized spacial score (nSPS) is 13.0. The average Bonchev–Trinajstić information content (AvgIpc) is 2.26. The second kappa shape index (κ2) is 5.41. The van der Waals surface area contributed by atoms with Gasteiger partial charge in [-0.05, 0) is 58.2 Å². The molecule has 0 saturated carbocycles. The van der Waals surface area contributed by atoms with Crippen LogP contribution in [0.4, 0.5) is 0 Å². The van der Waals surface area contributed by atoms with Crippen LogP contribution in [0.25, 0.3) is 0 Å². The molecule has 0 unspecified atom stereocenters. The predicted molar refractivity (Wildman–Crippen MR) is 73.4 cm³/mol. The summed E-state index contributed by atoms with van der Waals surface area (Å²) in [7, 11) is -3.19. The SMILES string of the molecule is CC(C)S(=O)(=O)c1ccc(CCC(C)(C)O)cc1. The van der Waals surface area contributed by atoms with Crippen molar-refractivity contribution in [2.45, 2.75) is 56.3 Å². The second-order valence-electron chi connectivity index (χ2n) is 5.55. The first-order chi connectivity index (χ1) is 8.13. The molecule has 1 rings (SSSR count). The van der Waals surface area contributed by atoms with Crippen LogP contribution in [0.3, 0.4) is 0 Å². The smallest absolute Gasteiger partial charge is 0.180 e. The fourth-order valence-electron chi connectivity index (χ4n) is 1.57. The molecule has 0 aliphatic heterocycles. The highest BCUT2D eigenvalue weighted by atomic mass is 32.2. The van der Waals surface area contributed by atoms with E-state index in [4.69, 9.17) is 0 Å². The molecule has 1 N–H and O–H groups in total. The van der Waals surface area contributed by atoms with Crippen molar-refractivity contribution in [2.75, 3.05) is 0 Å². The van der Waals surface area contributed by atoms with Gasteiger partial charge in [-0.15, -0.1) is 0 Å². The molecule has 0 atom stereocenters. The van der Waals surface area contributed by atoms with Crippen molar-refractivity contribution in [1.82, 2.24) is 0 Å². The number of benzene rings is 1. The number of aryl methyl sites for hydroxylation is 1. The Labute approximate surface area is 110 Å². The Morgan fingerprint density at radius 2 is 1.67 bits per heavy atom. The van der Waals surface area contributed by atoms with E-state index in [1.807, 2.05) is 12.1 Å². The van der Waals surface area contributed by atoms with Gasteiger partial charge < -0.3 is 5.11 Å². The molecule has 0 amide bonds. The van der Waals surface area contributed by atoms with Gasteiger partial charge in [0, 0.05) is 0 Å². The Balaban J connectivity index is 2.81. The molecule has 102 valence electrons. The Morgan fingerprint density at radius 3 is 2.06 bits per heavy atom. The number of aliphatic hydroxyl groups is 1. The van der Waals surface area contributed by atoms with Crippen LogP contribution < -0.4 is 0 Å². The van der Waals surface area contributed by atoms with Gasteiger partial charge in [-0.1, -0.05) is 12.1 Å². The summed E-state index contributed by atoms with van der Waals surface area (Å²) < 4.78 is 23.8. The monoisotopic (exact) mass is 270 g/mol. The topological polar surface area (TPSA) is 54.4 Å². The lowest BCUT2D eigenvalue weighted by Gasteiger charge is -2.16. The number of sulfone groups is 1. The summed E-state index contributed by atoms with van der Waals surface area (Å²) in [5, 5.41) is 9.24. The van der Waals surface area contributed by atoms with Crippen LogP contribution in [0.2, 0.25) is 0 Å². The quantitative estimate of drug-likeness (QED) is 0.894. The zero-order chi connectivity index (χ0) is 14.0. The van der Waals surface area contributed by atoms with Gasteiger partial charge in [0.05, 0.1) is 15.7 Å². The standard InChI is InChI=1S/C14H22O3S/c1-11(2)18(16,17)13-7-5-12(6-8-13)9-10-14(3,4)15/h5-8,11,15H,9-10H2,1-4H3. The minimum absolute atomic E-state index is 0.365. The maximum atomic E-state index is 11.9. The van der Waals surface area contributed by atoms with E-state index in [1.54, 1.807) is 39.8 Å². The Kier molecular flexibility index (Phi) is 4.56. The summed E-state index contributed by atoms with van der Waals surface area (Å²) in [5.41, 5.74) is 0.350. The molecule has 3 nitrogen and oxygen atoms in total. The average molecular weight is 270 g/mol. The highest BCUT2D eigenvalue weighted by Gasteiger charge is 2.19. The predicted octanol–water partition coefficient (Wildman–Crippen LogP) is 2.57. The molecular formula is C14H22O3S. The van der Waals surface area contributed by atoms with Crippen molar-refractivity contribution in [2.24, 2.45) is 0 Å². The van der Waals surface area contributed by atoms with E-state index in [-0.39, 0.29) is 0 Å². The van der Waals surface area contributed by atoms with E-state index >= 15 is 0 Å². The zero-order valence-corrected chi connectivity index (χ0v) is 12.3. The summed E-state index contributed by atoms with van der Waals surface area (Å²) in [6.07, 6.45) is 1.40. The van der Waals surface area contributed by atoms with E-state index in [1.165, 1.54) is 0 Å². The lowest BCUT2D eigenvalue weighted by atomic mass is 9.99. The van der Waals surface area contributed by atoms with Gasteiger partial charge >= 0.3 is 0 Å². The van der Waals surface area contributed by atoms with E-state index < -0.39 is 20.7 Å². The van der Waals surface area contributed by atoms with Crippen LogP contribution in [0.5, 0.6) is 0 Å². The molecule has 0 heterocycles. The van der Waals surface area contributed by atoms with Crippen molar-refractivity contribution >= 4 is 9.84 Å². The highest BCUT2D eigenvalue weighted by molar-refractivity contribution is 7.92. The fraction of sp³-hybridized carbons (Fsp3) is 0.571. The first-order valence-corrected chi connectivity index (χ1v) is 7.73. The number of hydrogen-bond donors (Lipinski definition) is 1. The Hall–Kier alpha value is -0.870. The Bertz CT molecular complexity index is 479. The second-order valence-corrected chi connectivity index (χ2v) is 8.05. The largest absolute Gasteiger partial charge is 0.390 e. The van der Waals surface area contributed by atoms with Gasteiger partial charge in [0.2, 0.25) is 0 Å². The van der Waals surface area contributed by atoms with Crippen molar-refractivity contribution in [3.05, 3.63) is 29.8 Å². The first kappa shape index (κ1) is 15.2. The van der Waals surface area contributed by atoms with Crippen molar-refractivity contribution in [1.29, 1.82) is 0 Å². The highest BCUT2D eigenvalue weighted by Crippen LogP contribution is 2.18. The third-order valence-corrected chi connectivity index (χ3v) is 5.07. The van der Waals surface area contributed by atoms with E-state index in [9.17, 15) is 13.5 Å². The van der Waals surface area contributed by atoms with Crippen LogP contribution in [0, 0.1) is 0 Å². The maximum absolute atomic E-state index is 11.9. The lowest BCUT2D eigenvalue weighted by Crippen LogP contribution is -2.19. The minimum Gasteiger partial charge on any atom is -0.390 e. The zero-order valence-electron chi connectivity index (χ0n) is 11.5. The Morgan fingerprint density at radius 1 is 1.17 bits per heavy atom. The van der Waals surface area contributed by atoms with Gasteiger partial charge in [0.1, 0.15) is 0 Å². The fourth-order valence-corrected chi connectivity index (χ4v) is 2.63. The maximum Gasteiger partial charge on any atom is 0.180 e. The van der Waals surface area contributed by atoms with Crippen LogP contribution in [-0.2, 0) is 16.3 Å². The van der Waals surface area contributed by atoms with Crippen LogP contribution in [0.15, 0.2) is 29.2 Å². The molecule has 0 aliphatic carbocycles. The van der Waals surface area contributed by atoms with E-state index in [0.717, 1.165) is 12.0 Å². The summed E-state index contributed by atoms with van der Waals surface area (Å²) >= 11 is 0. The summed E-state index contributed by atoms with van der Waals surface area (Å²) in [4.78, 5) is 0.365. The van der Waals surface area contributed by atoms with Crippen LogP contribution in [0.1, 0.15) is 39.7 Å². The van der Waals surface area contributed by atoms with Gasteiger partial charge in [-0.2, -0.15) is 0 Å². The van der Waals surface area contributed by atoms with Crippen LogP contribution >= 0.6 is 0 Å². The molecule has 0 fully saturated rings.